The Morgan fingerprint density at radius 3 is 2.74 bits per heavy atom. The summed E-state index contributed by atoms with van der Waals surface area (Å²) in [6, 6.07) is 0. The zero-order chi connectivity index (χ0) is 13.2. The summed E-state index contributed by atoms with van der Waals surface area (Å²) in [6.07, 6.45) is 1.69. The van der Waals surface area contributed by atoms with Crippen molar-refractivity contribution in [3.8, 4) is 10.7 Å². The van der Waals surface area contributed by atoms with Gasteiger partial charge in [-0.1, -0.05) is 11.3 Å². The maximum atomic E-state index is 5.64. The van der Waals surface area contributed by atoms with Crippen molar-refractivity contribution < 1.29 is 4.74 Å². The molecule has 7 nitrogen and oxygen atoms in total. The third-order valence-electron chi connectivity index (χ3n) is 2.77. The molecule has 3 rings (SSSR count). The number of aromatic nitrogens is 4. The van der Waals surface area contributed by atoms with E-state index in [9.17, 15) is 0 Å². The molecule has 2 aromatic heterocycles. The van der Waals surface area contributed by atoms with E-state index in [-0.39, 0.29) is 0 Å². The number of thiazole rings is 1. The van der Waals surface area contributed by atoms with Crippen LogP contribution in [0.25, 0.3) is 10.7 Å². The SMILES string of the molecule is Cc1nc(-c2cnc(N)s2)nc(N2CCOCC2)n1. The predicted octanol–water partition coefficient (Wildman–Crippen LogP) is 0.722. The lowest BCUT2D eigenvalue weighted by Crippen LogP contribution is -2.37. The fraction of sp³-hybridized carbons (Fsp3) is 0.455. The average Bonchev–Trinajstić information content (AvgIpc) is 2.86. The maximum absolute atomic E-state index is 5.64. The molecule has 0 radical (unpaired) electrons. The first kappa shape index (κ1) is 12.2. The lowest BCUT2D eigenvalue weighted by molar-refractivity contribution is 0.122. The van der Waals surface area contributed by atoms with Crippen molar-refractivity contribution >= 4 is 22.4 Å². The summed E-state index contributed by atoms with van der Waals surface area (Å²) in [4.78, 5) is 20.2. The van der Waals surface area contributed by atoms with Gasteiger partial charge in [-0.3, -0.25) is 0 Å². The first-order valence-electron chi connectivity index (χ1n) is 5.99. The summed E-state index contributed by atoms with van der Waals surface area (Å²) in [5.41, 5.74) is 5.64. The highest BCUT2D eigenvalue weighted by Gasteiger charge is 2.16. The van der Waals surface area contributed by atoms with Crippen molar-refractivity contribution in [2.45, 2.75) is 6.92 Å². The van der Waals surface area contributed by atoms with Crippen molar-refractivity contribution in [1.29, 1.82) is 0 Å². The van der Waals surface area contributed by atoms with Crippen molar-refractivity contribution in [3.63, 3.8) is 0 Å². The van der Waals surface area contributed by atoms with Crippen LogP contribution in [-0.4, -0.2) is 46.2 Å². The average molecular weight is 278 g/mol. The fourth-order valence-electron chi connectivity index (χ4n) is 1.87. The third kappa shape index (κ3) is 2.64. The van der Waals surface area contributed by atoms with Crippen LogP contribution in [0.2, 0.25) is 0 Å². The van der Waals surface area contributed by atoms with Crippen LogP contribution in [0, 0.1) is 6.92 Å². The molecule has 0 aromatic carbocycles. The van der Waals surface area contributed by atoms with E-state index in [4.69, 9.17) is 10.5 Å². The van der Waals surface area contributed by atoms with E-state index in [1.807, 2.05) is 6.92 Å². The number of rotatable bonds is 2. The number of nitrogens with zero attached hydrogens (tertiary/aromatic N) is 5. The smallest absolute Gasteiger partial charge is 0.229 e. The van der Waals surface area contributed by atoms with Gasteiger partial charge in [-0.25, -0.2) is 9.97 Å². The number of aryl methyl sites for hydroxylation is 1. The molecule has 0 atom stereocenters. The Morgan fingerprint density at radius 1 is 1.26 bits per heavy atom. The van der Waals surface area contributed by atoms with Crippen LogP contribution in [0.15, 0.2) is 6.20 Å². The lowest BCUT2D eigenvalue weighted by Gasteiger charge is -2.26. The fourth-order valence-corrected chi connectivity index (χ4v) is 2.49. The van der Waals surface area contributed by atoms with Gasteiger partial charge in [-0.05, 0) is 6.92 Å². The Labute approximate surface area is 114 Å². The minimum Gasteiger partial charge on any atom is -0.378 e. The molecular weight excluding hydrogens is 264 g/mol. The molecule has 0 bridgehead atoms. The van der Waals surface area contributed by atoms with E-state index >= 15 is 0 Å². The third-order valence-corrected chi connectivity index (χ3v) is 3.60. The van der Waals surface area contributed by atoms with Gasteiger partial charge in [-0.2, -0.15) is 9.97 Å². The summed E-state index contributed by atoms with van der Waals surface area (Å²) in [5.74, 6) is 2.01. The number of nitrogens with two attached hydrogens (primary N) is 1. The second-order valence-corrected chi connectivity index (χ2v) is 5.23. The van der Waals surface area contributed by atoms with Gasteiger partial charge >= 0.3 is 0 Å². The monoisotopic (exact) mass is 278 g/mol. The molecule has 0 saturated carbocycles. The van der Waals surface area contributed by atoms with Crippen LogP contribution in [0.1, 0.15) is 5.82 Å². The lowest BCUT2D eigenvalue weighted by atomic mass is 10.4. The maximum Gasteiger partial charge on any atom is 0.229 e. The van der Waals surface area contributed by atoms with Crippen molar-refractivity contribution in [3.05, 3.63) is 12.0 Å². The van der Waals surface area contributed by atoms with E-state index in [1.54, 1.807) is 6.20 Å². The van der Waals surface area contributed by atoms with Crippen LogP contribution in [0.3, 0.4) is 0 Å². The second kappa shape index (κ2) is 5.06. The Balaban J connectivity index is 1.95. The highest BCUT2D eigenvalue weighted by molar-refractivity contribution is 7.18. The largest absolute Gasteiger partial charge is 0.378 e. The standard InChI is InChI=1S/C11H14N6OS/c1-7-14-9(8-6-13-10(12)19-8)16-11(15-7)17-2-4-18-5-3-17/h6H,2-5H2,1H3,(H2,12,13). The molecule has 0 amide bonds. The number of nitrogen functional groups attached to an aromatic ring is 1. The zero-order valence-electron chi connectivity index (χ0n) is 10.5. The van der Waals surface area contributed by atoms with Crippen molar-refractivity contribution in [1.82, 2.24) is 19.9 Å². The van der Waals surface area contributed by atoms with E-state index in [0.29, 0.717) is 35.9 Å². The second-order valence-electron chi connectivity index (χ2n) is 4.17. The van der Waals surface area contributed by atoms with Crippen LogP contribution >= 0.6 is 11.3 Å². The van der Waals surface area contributed by atoms with Gasteiger partial charge in [0.05, 0.1) is 24.3 Å². The molecule has 1 aliphatic rings. The number of ether oxygens (including phenoxy) is 1. The predicted molar refractivity (Wildman–Crippen MR) is 73.1 cm³/mol. The van der Waals surface area contributed by atoms with Gasteiger partial charge in [0.1, 0.15) is 5.82 Å². The number of hydrogen-bond acceptors (Lipinski definition) is 8. The molecule has 1 saturated heterocycles. The highest BCUT2D eigenvalue weighted by atomic mass is 32.1. The topological polar surface area (TPSA) is 90.0 Å². The van der Waals surface area contributed by atoms with Crippen LogP contribution in [0.5, 0.6) is 0 Å². The molecule has 0 aliphatic carbocycles. The van der Waals surface area contributed by atoms with Gasteiger partial charge in [0, 0.05) is 13.1 Å². The summed E-state index contributed by atoms with van der Waals surface area (Å²) in [7, 11) is 0. The summed E-state index contributed by atoms with van der Waals surface area (Å²) >= 11 is 1.38. The molecular formula is C11H14N6OS. The van der Waals surface area contributed by atoms with E-state index < -0.39 is 0 Å². The van der Waals surface area contributed by atoms with Gasteiger partial charge in [0.15, 0.2) is 11.0 Å². The molecule has 3 heterocycles. The Hall–Kier alpha value is -1.80. The quantitative estimate of drug-likeness (QED) is 0.865. The van der Waals surface area contributed by atoms with E-state index in [1.165, 1.54) is 11.3 Å². The summed E-state index contributed by atoms with van der Waals surface area (Å²) in [6.45, 7) is 4.86. The number of anilines is 2. The highest BCUT2D eigenvalue weighted by Crippen LogP contribution is 2.25. The van der Waals surface area contributed by atoms with E-state index in [0.717, 1.165) is 18.0 Å². The Morgan fingerprint density at radius 2 is 2.05 bits per heavy atom. The van der Waals surface area contributed by atoms with Crippen LogP contribution in [0.4, 0.5) is 11.1 Å². The molecule has 8 heteroatoms. The summed E-state index contributed by atoms with van der Waals surface area (Å²) < 4.78 is 5.33. The molecule has 1 fully saturated rings. The first-order valence-corrected chi connectivity index (χ1v) is 6.81. The van der Waals surface area contributed by atoms with Crippen molar-refractivity contribution in [2.24, 2.45) is 0 Å². The van der Waals surface area contributed by atoms with Crippen LogP contribution in [-0.2, 0) is 4.74 Å². The van der Waals surface area contributed by atoms with Gasteiger partial charge in [-0.15, -0.1) is 0 Å². The number of hydrogen-bond donors (Lipinski definition) is 1. The van der Waals surface area contributed by atoms with Crippen LogP contribution < -0.4 is 10.6 Å². The van der Waals surface area contributed by atoms with Gasteiger partial charge < -0.3 is 15.4 Å². The van der Waals surface area contributed by atoms with E-state index in [2.05, 4.69) is 24.8 Å². The normalized spacial score (nSPS) is 15.7. The van der Waals surface area contributed by atoms with Gasteiger partial charge in [0.25, 0.3) is 0 Å². The molecule has 100 valence electrons. The molecule has 1 aliphatic heterocycles. The minimum absolute atomic E-state index is 0.515. The Kier molecular flexibility index (Phi) is 3.26. The molecule has 0 unspecified atom stereocenters. The minimum atomic E-state index is 0.515. The Bertz CT molecular complexity index is 580. The molecule has 0 spiro atoms. The summed E-state index contributed by atoms with van der Waals surface area (Å²) in [5, 5.41) is 0.515. The molecule has 19 heavy (non-hydrogen) atoms. The molecule has 2 aromatic rings. The first-order chi connectivity index (χ1) is 9.22. The zero-order valence-corrected chi connectivity index (χ0v) is 11.4. The number of morpholine rings is 1. The van der Waals surface area contributed by atoms with Gasteiger partial charge in [0.2, 0.25) is 5.95 Å². The van der Waals surface area contributed by atoms with Crippen molar-refractivity contribution in [2.75, 3.05) is 36.9 Å². The molecule has 2 N–H and O–H groups in total.